The monoisotopic (exact) mass is 244 g/mol. The third-order valence-electron chi connectivity index (χ3n) is 3.35. The Hall–Kier alpha value is -1.81. The smallest absolute Gasteiger partial charge is 0.119 e. The van der Waals surface area contributed by atoms with Crippen molar-refractivity contribution in [3.05, 3.63) is 29.5 Å². The Kier molecular flexibility index (Phi) is 2.80. The number of nitrogens with one attached hydrogen (secondary N) is 1. The van der Waals surface area contributed by atoms with Crippen LogP contribution < -0.4 is 4.74 Å². The molecule has 0 bridgehead atoms. The molecule has 0 atom stereocenters. The van der Waals surface area contributed by atoms with E-state index in [-0.39, 0.29) is 0 Å². The molecule has 94 valence electrons. The van der Waals surface area contributed by atoms with Gasteiger partial charge in [-0.25, -0.2) is 0 Å². The number of aliphatic imine (C=N–C) groups is 1. The van der Waals surface area contributed by atoms with Crippen LogP contribution in [0.3, 0.4) is 0 Å². The summed E-state index contributed by atoms with van der Waals surface area (Å²) in [5.74, 6) is 0.889. The number of aromatic amines is 1. The Morgan fingerprint density at radius 2 is 2.22 bits per heavy atom. The van der Waals surface area contributed by atoms with Gasteiger partial charge in [0.25, 0.3) is 0 Å². The topological polar surface area (TPSA) is 46.6 Å². The van der Waals surface area contributed by atoms with Crippen molar-refractivity contribution in [1.29, 1.82) is 0 Å². The minimum absolute atomic E-state index is 0.553. The van der Waals surface area contributed by atoms with Gasteiger partial charge in [-0.2, -0.15) is 0 Å². The van der Waals surface area contributed by atoms with Gasteiger partial charge in [0.1, 0.15) is 5.75 Å². The van der Waals surface area contributed by atoms with Crippen LogP contribution in [0.5, 0.6) is 5.75 Å². The fraction of sp³-hybridized carbons (Fsp3) is 0.357. The number of hydrogen-bond donors (Lipinski definition) is 1. The van der Waals surface area contributed by atoms with E-state index in [0.29, 0.717) is 6.61 Å². The lowest BCUT2D eigenvalue weighted by molar-refractivity contribution is 0.245. The van der Waals surface area contributed by atoms with Gasteiger partial charge in [-0.3, -0.25) is 4.99 Å². The van der Waals surface area contributed by atoms with Crippen LogP contribution in [0.4, 0.5) is 0 Å². The summed E-state index contributed by atoms with van der Waals surface area (Å²) in [5.41, 5.74) is 4.58. The number of methoxy groups -OCH3 is 2. The van der Waals surface area contributed by atoms with Gasteiger partial charge in [0.2, 0.25) is 0 Å². The number of benzene rings is 1. The molecule has 0 fully saturated rings. The Bertz CT molecular complexity index is 614. The lowest BCUT2D eigenvalue weighted by Gasteiger charge is -2.12. The van der Waals surface area contributed by atoms with Crippen LogP contribution in [-0.2, 0) is 11.2 Å². The Balaban J connectivity index is 2.16. The molecule has 0 aliphatic carbocycles. The zero-order chi connectivity index (χ0) is 12.5. The van der Waals surface area contributed by atoms with E-state index in [1.165, 1.54) is 10.9 Å². The van der Waals surface area contributed by atoms with Crippen molar-refractivity contribution in [3.63, 3.8) is 0 Å². The molecule has 3 rings (SSSR count). The summed E-state index contributed by atoms with van der Waals surface area (Å²) in [6, 6.07) is 6.11. The summed E-state index contributed by atoms with van der Waals surface area (Å²) >= 11 is 0. The van der Waals surface area contributed by atoms with E-state index in [4.69, 9.17) is 9.47 Å². The molecule has 4 heteroatoms. The van der Waals surface area contributed by atoms with Gasteiger partial charge in [-0.1, -0.05) is 0 Å². The molecule has 0 amide bonds. The average Bonchev–Trinajstić information content (AvgIpc) is 2.78. The lowest BCUT2D eigenvalue weighted by Crippen LogP contribution is -2.17. The summed E-state index contributed by atoms with van der Waals surface area (Å²) in [7, 11) is 3.39. The molecule has 1 aliphatic heterocycles. The fourth-order valence-electron chi connectivity index (χ4n) is 2.50. The number of hydrogen-bond acceptors (Lipinski definition) is 3. The van der Waals surface area contributed by atoms with E-state index in [9.17, 15) is 0 Å². The highest BCUT2D eigenvalue weighted by molar-refractivity contribution is 6.07. The quantitative estimate of drug-likeness (QED) is 0.899. The summed E-state index contributed by atoms with van der Waals surface area (Å²) < 4.78 is 10.5. The first kappa shape index (κ1) is 11.3. The molecular formula is C14H16N2O2. The van der Waals surface area contributed by atoms with E-state index >= 15 is 0 Å². The first-order valence-electron chi connectivity index (χ1n) is 6.04. The molecule has 1 aromatic carbocycles. The third-order valence-corrected chi connectivity index (χ3v) is 3.35. The van der Waals surface area contributed by atoms with Crippen LogP contribution in [0.1, 0.15) is 11.3 Å². The van der Waals surface area contributed by atoms with Gasteiger partial charge in [0.05, 0.1) is 25.1 Å². The molecule has 0 saturated carbocycles. The van der Waals surface area contributed by atoms with Crippen LogP contribution in [0, 0.1) is 0 Å². The Morgan fingerprint density at radius 3 is 3.00 bits per heavy atom. The van der Waals surface area contributed by atoms with Crippen LogP contribution in [0.25, 0.3) is 10.9 Å². The first-order chi connectivity index (χ1) is 8.83. The van der Waals surface area contributed by atoms with Crippen LogP contribution in [-0.4, -0.2) is 38.1 Å². The Morgan fingerprint density at radius 1 is 1.33 bits per heavy atom. The lowest BCUT2D eigenvalue weighted by atomic mass is 10.0. The highest BCUT2D eigenvalue weighted by atomic mass is 16.5. The zero-order valence-corrected chi connectivity index (χ0v) is 10.6. The molecule has 1 aromatic heterocycles. The van der Waals surface area contributed by atoms with Gasteiger partial charge in [-0.05, 0) is 30.2 Å². The second kappa shape index (κ2) is 4.46. The normalized spacial score (nSPS) is 14.4. The second-order valence-corrected chi connectivity index (χ2v) is 4.40. The Labute approximate surface area is 106 Å². The summed E-state index contributed by atoms with van der Waals surface area (Å²) in [6.45, 7) is 1.38. The number of H-pyrrole nitrogens is 1. The number of fused-ring (bicyclic) bond motifs is 3. The fourth-order valence-corrected chi connectivity index (χ4v) is 2.50. The molecule has 0 unspecified atom stereocenters. The summed E-state index contributed by atoms with van der Waals surface area (Å²) in [4.78, 5) is 7.96. The minimum Gasteiger partial charge on any atom is -0.497 e. The number of aromatic nitrogens is 1. The van der Waals surface area contributed by atoms with Crippen molar-refractivity contribution in [2.24, 2.45) is 4.99 Å². The van der Waals surface area contributed by atoms with Gasteiger partial charge in [0, 0.05) is 24.6 Å². The second-order valence-electron chi connectivity index (χ2n) is 4.40. The number of rotatable bonds is 3. The van der Waals surface area contributed by atoms with Crippen molar-refractivity contribution >= 4 is 16.6 Å². The maximum atomic E-state index is 5.29. The van der Waals surface area contributed by atoms with E-state index in [1.807, 2.05) is 6.07 Å². The largest absolute Gasteiger partial charge is 0.497 e. The number of nitrogens with zero attached hydrogens (tertiary/aromatic N) is 1. The average molecular weight is 244 g/mol. The van der Waals surface area contributed by atoms with Crippen molar-refractivity contribution in [2.45, 2.75) is 6.42 Å². The maximum Gasteiger partial charge on any atom is 0.119 e. The van der Waals surface area contributed by atoms with Gasteiger partial charge >= 0.3 is 0 Å². The molecule has 0 saturated heterocycles. The van der Waals surface area contributed by atoms with Crippen molar-refractivity contribution in [3.8, 4) is 5.75 Å². The number of ether oxygens (including phenoxy) is 2. The van der Waals surface area contributed by atoms with Crippen molar-refractivity contribution in [1.82, 2.24) is 4.98 Å². The molecule has 1 aliphatic rings. The maximum absolute atomic E-state index is 5.29. The van der Waals surface area contributed by atoms with Crippen molar-refractivity contribution < 1.29 is 9.47 Å². The van der Waals surface area contributed by atoms with E-state index in [1.54, 1.807) is 14.2 Å². The van der Waals surface area contributed by atoms with Gasteiger partial charge < -0.3 is 14.5 Å². The first-order valence-corrected chi connectivity index (χ1v) is 6.04. The van der Waals surface area contributed by atoms with Gasteiger partial charge in [0.15, 0.2) is 0 Å². The highest BCUT2D eigenvalue weighted by Gasteiger charge is 2.19. The van der Waals surface area contributed by atoms with Crippen LogP contribution in [0.15, 0.2) is 23.2 Å². The van der Waals surface area contributed by atoms with Crippen LogP contribution >= 0.6 is 0 Å². The molecule has 18 heavy (non-hydrogen) atoms. The molecule has 2 aromatic rings. The van der Waals surface area contributed by atoms with E-state index in [2.05, 4.69) is 22.1 Å². The third kappa shape index (κ3) is 1.69. The van der Waals surface area contributed by atoms with Gasteiger partial charge in [-0.15, -0.1) is 0 Å². The molecular weight excluding hydrogens is 228 g/mol. The molecule has 0 radical (unpaired) electrons. The summed E-state index contributed by atoms with van der Waals surface area (Å²) in [6.07, 6.45) is 0.968. The zero-order valence-electron chi connectivity index (χ0n) is 10.6. The highest BCUT2D eigenvalue weighted by Crippen LogP contribution is 2.29. The predicted molar refractivity (Wildman–Crippen MR) is 71.8 cm³/mol. The van der Waals surface area contributed by atoms with Crippen LogP contribution in [0.2, 0.25) is 0 Å². The molecule has 4 nitrogen and oxygen atoms in total. The SMILES string of the molecule is COCC1=NCCc2c1[nH]c1ccc(OC)cc21. The summed E-state index contributed by atoms with van der Waals surface area (Å²) in [5, 5.41) is 1.23. The molecule has 1 N–H and O–H groups in total. The standard InChI is InChI=1S/C14H16N2O2/c1-17-8-13-14-10(5-6-15-13)11-7-9(18-2)3-4-12(11)16-14/h3-4,7,16H,5-6,8H2,1-2H3. The van der Waals surface area contributed by atoms with Crippen molar-refractivity contribution in [2.75, 3.05) is 27.4 Å². The molecule has 2 heterocycles. The molecule has 0 spiro atoms. The van der Waals surface area contributed by atoms with E-state index < -0.39 is 0 Å². The predicted octanol–water partition coefficient (Wildman–Crippen LogP) is 2.17. The van der Waals surface area contributed by atoms with E-state index in [0.717, 1.165) is 35.6 Å². The minimum atomic E-state index is 0.553.